The summed E-state index contributed by atoms with van der Waals surface area (Å²) in [6.45, 7) is 6.13. The molecule has 0 aliphatic rings. The molecule has 2 rings (SSSR count). The predicted molar refractivity (Wildman–Crippen MR) is 86.8 cm³/mol. The smallest absolute Gasteiger partial charge is 0.161 e. The Balaban J connectivity index is 2.58. The molecule has 1 aromatic carbocycles. The first kappa shape index (κ1) is 15.2. The number of aromatic nitrogens is 2. The number of benzene rings is 1. The molecule has 0 aliphatic carbocycles. The number of nitrogens with two attached hydrogens (primary N) is 1. The van der Waals surface area contributed by atoms with Crippen LogP contribution in [0.2, 0.25) is 5.02 Å². The topological polar surface area (TPSA) is 63.8 Å². The number of anilines is 1. The van der Waals surface area contributed by atoms with E-state index in [1.165, 1.54) is 0 Å². The molecule has 20 heavy (non-hydrogen) atoms. The van der Waals surface area contributed by atoms with Crippen LogP contribution in [-0.2, 0) is 0 Å². The highest BCUT2D eigenvalue weighted by Crippen LogP contribution is 2.30. The second-order valence-electron chi connectivity index (χ2n) is 4.82. The minimum atomic E-state index is 0.295. The molecule has 0 amide bonds. The van der Waals surface area contributed by atoms with Crippen LogP contribution < -0.4 is 11.3 Å². The molecule has 0 bridgehead atoms. The first-order chi connectivity index (χ1) is 9.43. The summed E-state index contributed by atoms with van der Waals surface area (Å²) >= 11 is 9.49. The highest BCUT2D eigenvalue weighted by molar-refractivity contribution is 9.10. The summed E-state index contributed by atoms with van der Waals surface area (Å²) in [5.74, 6) is 7.14. The number of nitrogens with zero attached hydrogens (tertiary/aromatic N) is 2. The monoisotopic (exact) mass is 354 g/mol. The number of nitrogens with one attached hydrogen (secondary N) is 1. The Labute approximate surface area is 131 Å². The van der Waals surface area contributed by atoms with Crippen molar-refractivity contribution in [2.45, 2.75) is 26.7 Å². The predicted octanol–water partition coefficient (Wildman–Crippen LogP) is 4.28. The van der Waals surface area contributed by atoms with E-state index in [-0.39, 0.29) is 0 Å². The lowest BCUT2D eigenvalue weighted by molar-refractivity contribution is 0.832. The highest BCUT2D eigenvalue weighted by atomic mass is 79.9. The summed E-state index contributed by atoms with van der Waals surface area (Å²) in [4.78, 5) is 9.06. The van der Waals surface area contributed by atoms with Crippen LogP contribution >= 0.6 is 27.5 Å². The highest BCUT2D eigenvalue weighted by Gasteiger charge is 2.15. The van der Waals surface area contributed by atoms with Gasteiger partial charge in [-0.05, 0) is 47.0 Å². The van der Waals surface area contributed by atoms with Crippen molar-refractivity contribution < 1.29 is 0 Å². The zero-order chi connectivity index (χ0) is 14.9. The Kier molecular flexibility index (Phi) is 4.62. The van der Waals surface area contributed by atoms with E-state index in [2.05, 4.69) is 45.2 Å². The van der Waals surface area contributed by atoms with E-state index in [9.17, 15) is 0 Å². The molecule has 0 fully saturated rings. The molecule has 0 aliphatic heterocycles. The van der Waals surface area contributed by atoms with E-state index < -0.39 is 0 Å². The molecule has 0 saturated carbocycles. The van der Waals surface area contributed by atoms with Crippen molar-refractivity contribution in [2.75, 3.05) is 5.43 Å². The first-order valence-corrected chi connectivity index (χ1v) is 7.41. The van der Waals surface area contributed by atoms with Crippen molar-refractivity contribution in [2.24, 2.45) is 5.84 Å². The average molecular weight is 356 g/mol. The Morgan fingerprint density at radius 3 is 2.55 bits per heavy atom. The molecule has 3 N–H and O–H groups in total. The molecule has 106 valence electrons. The summed E-state index contributed by atoms with van der Waals surface area (Å²) < 4.78 is 0.843. The van der Waals surface area contributed by atoms with Gasteiger partial charge in [-0.2, -0.15) is 0 Å². The SMILES string of the molecule is Cc1nc(-c2ccc(Br)c(Cl)c2)nc(NN)c1C(C)C. The fraction of sp³-hybridized carbons (Fsp3) is 0.286. The Morgan fingerprint density at radius 2 is 2.00 bits per heavy atom. The molecule has 0 atom stereocenters. The van der Waals surface area contributed by atoms with Crippen LogP contribution in [0.3, 0.4) is 0 Å². The van der Waals surface area contributed by atoms with E-state index in [0.29, 0.717) is 22.6 Å². The molecular weight excluding hydrogens is 340 g/mol. The third-order valence-corrected chi connectivity index (χ3v) is 4.26. The van der Waals surface area contributed by atoms with Gasteiger partial charge >= 0.3 is 0 Å². The second-order valence-corrected chi connectivity index (χ2v) is 6.08. The summed E-state index contributed by atoms with van der Waals surface area (Å²) in [6, 6.07) is 5.62. The molecule has 0 saturated heterocycles. The van der Waals surface area contributed by atoms with Gasteiger partial charge in [0.2, 0.25) is 0 Å². The van der Waals surface area contributed by atoms with Gasteiger partial charge in [0.15, 0.2) is 5.82 Å². The lowest BCUT2D eigenvalue weighted by Gasteiger charge is -2.15. The van der Waals surface area contributed by atoms with E-state index >= 15 is 0 Å². The van der Waals surface area contributed by atoms with Gasteiger partial charge in [-0.15, -0.1) is 0 Å². The molecule has 6 heteroatoms. The number of hydrazine groups is 1. The van der Waals surface area contributed by atoms with Gasteiger partial charge in [-0.3, -0.25) is 0 Å². The third kappa shape index (κ3) is 2.95. The van der Waals surface area contributed by atoms with Gasteiger partial charge in [0.1, 0.15) is 5.82 Å². The number of aryl methyl sites for hydroxylation is 1. The number of hydrogen-bond acceptors (Lipinski definition) is 4. The van der Waals surface area contributed by atoms with Crippen molar-refractivity contribution in [3.05, 3.63) is 39.0 Å². The maximum Gasteiger partial charge on any atom is 0.161 e. The molecule has 2 aromatic rings. The van der Waals surface area contributed by atoms with Crippen molar-refractivity contribution >= 4 is 33.3 Å². The standard InChI is InChI=1S/C14H16BrClN4/c1-7(2)12-8(3)18-13(19-14(12)20-17)9-4-5-10(15)11(16)6-9/h4-7H,17H2,1-3H3,(H,18,19,20). The maximum atomic E-state index is 6.12. The normalized spacial score (nSPS) is 10.9. The number of nitrogen functional groups attached to an aromatic ring is 1. The number of hydrogen-bond donors (Lipinski definition) is 2. The average Bonchev–Trinajstić information content (AvgIpc) is 2.40. The molecule has 0 radical (unpaired) electrons. The van der Waals surface area contributed by atoms with Gasteiger partial charge in [0, 0.05) is 21.3 Å². The summed E-state index contributed by atoms with van der Waals surface area (Å²) in [6.07, 6.45) is 0. The fourth-order valence-corrected chi connectivity index (χ4v) is 2.57. The van der Waals surface area contributed by atoms with E-state index in [1.807, 2.05) is 25.1 Å². The zero-order valence-corrected chi connectivity index (χ0v) is 13.9. The lowest BCUT2D eigenvalue weighted by Crippen LogP contribution is -2.14. The second kappa shape index (κ2) is 6.08. The van der Waals surface area contributed by atoms with E-state index in [1.54, 1.807) is 0 Å². The van der Waals surface area contributed by atoms with Crippen molar-refractivity contribution in [3.63, 3.8) is 0 Å². The molecule has 0 spiro atoms. The zero-order valence-electron chi connectivity index (χ0n) is 11.5. The van der Waals surface area contributed by atoms with Crippen LogP contribution in [0.5, 0.6) is 0 Å². The summed E-state index contributed by atoms with van der Waals surface area (Å²) in [7, 11) is 0. The van der Waals surface area contributed by atoms with Crippen LogP contribution in [0, 0.1) is 6.92 Å². The number of halogens is 2. The van der Waals surface area contributed by atoms with E-state index in [0.717, 1.165) is 21.3 Å². The minimum absolute atomic E-state index is 0.295. The van der Waals surface area contributed by atoms with E-state index in [4.69, 9.17) is 17.4 Å². The fourth-order valence-electron chi connectivity index (χ4n) is 2.15. The Hall–Kier alpha value is -1.17. The lowest BCUT2D eigenvalue weighted by atomic mass is 10.0. The first-order valence-electron chi connectivity index (χ1n) is 6.24. The van der Waals surface area contributed by atoms with Crippen LogP contribution in [0.25, 0.3) is 11.4 Å². The third-order valence-electron chi connectivity index (χ3n) is 3.03. The van der Waals surface area contributed by atoms with Crippen LogP contribution in [0.15, 0.2) is 22.7 Å². The van der Waals surface area contributed by atoms with Gasteiger partial charge in [0.25, 0.3) is 0 Å². The molecular formula is C14H16BrClN4. The molecule has 0 unspecified atom stereocenters. The summed E-state index contributed by atoms with van der Waals surface area (Å²) in [5.41, 5.74) is 5.46. The van der Waals surface area contributed by atoms with Crippen LogP contribution in [0.1, 0.15) is 31.0 Å². The number of rotatable bonds is 3. The van der Waals surface area contributed by atoms with Crippen LogP contribution in [0.4, 0.5) is 5.82 Å². The van der Waals surface area contributed by atoms with Gasteiger partial charge in [-0.25, -0.2) is 15.8 Å². The van der Waals surface area contributed by atoms with Gasteiger partial charge in [0.05, 0.1) is 5.02 Å². The van der Waals surface area contributed by atoms with Gasteiger partial charge in [-0.1, -0.05) is 25.4 Å². The summed E-state index contributed by atoms with van der Waals surface area (Å²) in [5, 5.41) is 0.624. The molecule has 4 nitrogen and oxygen atoms in total. The minimum Gasteiger partial charge on any atom is -0.308 e. The van der Waals surface area contributed by atoms with Crippen molar-refractivity contribution in [3.8, 4) is 11.4 Å². The Morgan fingerprint density at radius 1 is 1.30 bits per heavy atom. The van der Waals surface area contributed by atoms with Crippen molar-refractivity contribution in [1.29, 1.82) is 0 Å². The molecule has 1 aromatic heterocycles. The molecule has 1 heterocycles. The Bertz CT molecular complexity index is 643. The van der Waals surface area contributed by atoms with Crippen LogP contribution in [-0.4, -0.2) is 9.97 Å². The maximum absolute atomic E-state index is 6.12. The largest absolute Gasteiger partial charge is 0.308 e. The van der Waals surface area contributed by atoms with Crippen molar-refractivity contribution in [1.82, 2.24) is 9.97 Å². The quantitative estimate of drug-likeness (QED) is 0.637. The van der Waals surface area contributed by atoms with Gasteiger partial charge < -0.3 is 5.43 Å².